The van der Waals surface area contributed by atoms with Crippen LogP contribution in [-0.2, 0) is 22.6 Å². The molecule has 2 aliphatic rings. The van der Waals surface area contributed by atoms with Crippen molar-refractivity contribution in [2.75, 3.05) is 45.9 Å². The molecule has 31 heavy (non-hydrogen) atoms. The molecule has 1 unspecified atom stereocenters. The number of aromatic nitrogens is 2. The van der Waals surface area contributed by atoms with Crippen molar-refractivity contribution in [3.8, 4) is 0 Å². The van der Waals surface area contributed by atoms with Crippen molar-refractivity contribution in [1.29, 1.82) is 0 Å². The Morgan fingerprint density at radius 2 is 1.87 bits per heavy atom. The number of carbonyl (C=O) groups excluding carboxylic acids is 1. The molecule has 168 valence electrons. The smallest absolute Gasteiger partial charge is 0.234 e. The monoisotopic (exact) mass is 425 g/mol. The lowest BCUT2D eigenvalue weighted by atomic mass is 10.2. The van der Waals surface area contributed by atoms with Crippen molar-refractivity contribution >= 4 is 5.91 Å². The zero-order valence-electron chi connectivity index (χ0n) is 18.8. The van der Waals surface area contributed by atoms with Crippen molar-refractivity contribution in [1.82, 2.24) is 24.9 Å². The highest BCUT2D eigenvalue weighted by Gasteiger charge is 2.23. The Hall–Kier alpha value is -2.22. The van der Waals surface area contributed by atoms with E-state index in [9.17, 15) is 4.79 Å². The highest BCUT2D eigenvalue weighted by molar-refractivity contribution is 5.78. The maximum Gasteiger partial charge on any atom is 0.234 e. The van der Waals surface area contributed by atoms with E-state index in [1.165, 1.54) is 18.4 Å². The number of ether oxygens (including phenoxy) is 1. The predicted molar refractivity (Wildman–Crippen MR) is 121 cm³/mol. The third kappa shape index (κ3) is 5.93. The fourth-order valence-electron chi connectivity index (χ4n) is 4.55. The summed E-state index contributed by atoms with van der Waals surface area (Å²) in [6.45, 7) is 11.7. The Morgan fingerprint density at radius 3 is 2.58 bits per heavy atom. The number of hydrogen-bond acceptors (Lipinski definition) is 5. The van der Waals surface area contributed by atoms with Crippen LogP contribution in [0, 0.1) is 13.8 Å². The van der Waals surface area contributed by atoms with Crippen molar-refractivity contribution in [2.45, 2.75) is 45.9 Å². The molecule has 1 atom stereocenters. The highest BCUT2D eigenvalue weighted by Crippen LogP contribution is 2.16. The third-order valence-electron chi connectivity index (χ3n) is 6.49. The van der Waals surface area contributed by atoms with Crippen molar-refractivity contribution in [3.05, 3.63) is 52.8 Å². The standard InChI is InChI=1S/C24H35N5O2/c1-19-23(20(2)29(26-19)16-21-7-4-3-5-8-21)15-25-24(30)18-28-12-10-27(11-13-28)17-22-9-6-14-31-22/h3-5,7-8,22H,6,9-18H2,1-2H3,(H,25,30). The fraction of sp³-hybridized carbons (Fsp3) is 0.583. The summed E-state index contributed by atoms with van der Waals surface area (Å²) in [6.07, 6.45) is 2.78. The molecule has 2 saturated heterocycles. The first kappa shape index (κ1) is 22.0. The molecule has 1 amide bonds. The van der Waals surface area contributed by atoms with Crippen LogP contribution in [0.25, 0.3) is 0 Å². The number of rotatable bonds is 8. The molecule has 3 heterocycles. The van der Waals surface area contributed by atoms with Crippen molar-refractivity contribution in [3.63, 3.8) is 0 Å². The predicted octanol–water partition coefficient (Wildman–Crippen LogP) is 1.96. The average Bonchev–Trinajstić information content (AvgIpc) is 3.37. The molecule has 1 N–H and O–H groups in total. The van der Waals surface area contributed by atoms with Crippen molar-refractivity contribution in [2.24, 2.45) is 0 Å². The van der Waals surface area contributed by atoms with Crippen LogP contribution < -0.4 is 5.32 Å². The van der Waals surface area contributed by atoms with Crippen LogP contribution in [-0.4, -0.2) is 77.5 Å². The molecule has 0 spiro atoms. The van der Waals surface area contributed by atoms with Crippen LogP contribution >= 0.6 is 0 Å². The molecule has 0 saturated carbocycles. The van der Waals surface area contributed by atoms with Gasteiger partial charge in [0.1, 0.15) is 0 Å². The van der Waals surface area contributed by atoms with Gasteiger partial charge in [-0.3, -0.25) is 19.3 Å². The molecule has 7 nitrogen and oxygen atoms in total. The molecule has 1 aromatic carbocycles. The fourth-order valence-corrected chi connectivity index (χ4v) is 4.55. The Balaban J connectivity index is 1.22. The summed E-state index contributed by atoms with van der Waals surface area (Å²) >= 11 is 0. The molecule has 1 aromatic heterocycles. The number of benzene rings is 1. The first-order valence-electron chi connectivity index (χ1n) is 11.5. The number of nitrogens with one attached hydrogen (secondary N) is 1. The summed E-state index contributed by atoms with van der Waals surface area (Å²) in [7, 11) is 0. The minimum Gasteiger partial charge on any atom is -0.377 e. The Kier molecular flexibility index (Phi) is 7.37. The molecule has 0 aliphatic carbocycles. The van der Waals surface area contributed by atoms with E-state index in [0.717, 1.165) is 62.8 Å². The van der Waals surface area contributed by atoms with Crippen LogP contribution in [0.5, 0.6) is 0 Å². The van der Waals surface area contributed by atoms with Gasteiger partial charge in [0.2, 0.25) is 5.91 Å². The molecular weight excluding hydrogens is 390 g/mol. The van der Waals surface area contributed by atoms with E-state index in [1.54, 1.807) is 0 Å². The second kappa shape index (κ2) is 10.4. The molecular formula is C24H35N5O2. The molecule has 2 fully saturated rings. The van der Waals surface area contributed by atoms with Crippen LogP contribution in [0.3, 0.4) is 0 Å². The van der Waals surface area contributed by atoms with E-state index < -0.39 is 0 Å². The van der Waals surface area contributed by atoms with E-state index in [-0.39, 0.29) is 5.91 Å². The molecule has 0 radical (unpaired) electrons. The second-order valence-corrected chi connectivity index (χ2v) is 8.78. The van der Waals surface area contributed by atoms with E-state index >= 15 is 0 Å². The minimum atomic E-state index is 0.0854. The topological polar surface area (TPSA) is 62.6 Å². The van der Waals surface area contributed by atoms with Crippen LogP contribution in [0.2, 0.25) is 0 Å². The lowest BCUT2D eigenvalue weighted by molar-refractivity contribution is -0.122. The zero-order valence-corrected chi connectivity index (χ0v) is 18.8. The summed E-state index contributed by atoms with van der Waals surface area (Å²) in [4.78, 5) is 17.3. The highest BCUT2D eigenvalue weighted by atomic mass is 16.5. The number of nitrogens with zero attached hydrogens (tertiary/aromatic N) is 4. The van der Waals surface area contributed by atoms with Gasteiger partial charge in [-0.25, -0.2) is 0 Å². The lowest BCUT2D eigenvalue weighted by Crippen LogP contribution is -2.50. The Morgan fingerprint density at radius 1 is 1.13 bits per heavy atom. The summed E-state index contributed by atoms with van der Waals surface area (Å²) in [5, 5.41) is 7.80. The molecule has 4 rings (SSSR count). The van der Waals surface area contributed by atoms with Gasteiger partial charge in [0, 0.05) is 57.1 Å². The van der Waals surface area contributed by atoms with E-state index in [4.69, 9.17) is 4.74 Å². The largest absolute Gasteiger partial charge is 0.377 e. The van der Waals surface area contributed by atoms with Crippen molar-refractivity contribution < 1.29 is 9.53 Å². The number of amides is 1. The summed E-state index contributed by atoms with van der Waals surface area (Å²) in [5.74, 6) is 0.0854. The second-order valence-electron chi connectivity index (χ2n) is 8.78. The van der Waals surface area contributed by atoms with Crippen LogP contribution in [0.15, 0.2) is 30.3 Å². The molecule has 2 aliphatic heterocycles. The molecule has 7 heteroatoms. The number of piperazine rings is 1. The Bertz CT molecular complexity index is 852. The van der Waals surface area contributed by atoms with E-state index in [2.05, 4.69) is 39.3 Å². The number of carbonyl (C=O) groups is 1. The Labute approximate surface area is 185 Å². The number of aryl methyl sites for hydroxylation is 1. The minimum absolute atomic E-state index is 0.0854. The van der Waals surface area contributed by atoms with Crippen LogP contribution in [0.1, 0.15) is 35.4 Å². The number of hydrogen-bond donors (Lipinski definition) is 1. The quantitative estimate of drug-likeness (QED) is 0.701. The maximum absolute atomic E-state index is 12.6. The first-order chi connectivity index (χ1) is 15.1. The lowest BCUT2D eigenvalue weighted by Gasteiger charge is -2.35. The zero-order chi connectivity index (χ0) is 21.6. The van der Waals surface area contributed by atoms with Gasteiger partial charge in [-0.2, -0.15) is 5.10 Å². The third-order valence-corrected chi connectivity index (χ3v) is 6.49. The van der Waals surface area contributed by atoms with Gasteiger partial charge in [-0.15, -0.1) is 0 Å². The van der Waals surface area contributed by atoms with E-state index in [0.29, 0.717) is 19.2 Å². The molecule has 2 aromatic rings. The van der Waals surface area contributed by atoms with Gasteiger partial charge in [0.05, 0.1) is 24.9 Å². The van der Waals surface area contributed by atoms with Gasteiger partial charge >= 0.3 is 0 Å². The van der Waals surface area contributed by atoms with Gasteiger partial charge in [0.25, 0.3) is 0 Å². The van der Waals surface area contributed by atoms with Gasteiger partial charge < -0.3 is 10.1 Å². The average molecular weight is 426 g/mol. The maximum atomic E-state index is 12.6. The molecule has 0 bridgehead atoms. The normalized spacial score (nSPS) is 20.3. The van der Waals surface area contributed by atoms with E-state index in [1.807, 2.05) is 29.8 Å². The van der Waals surface area contributed by atoms with Crippen LogP contribution in [0.4, 0.5) is 0 Å². The SMILES string of the molecule is Cc1nn(Cc2ccccc2)c(C)c1CNC(=O)CN1CCN(CC2CCCO2)CC1. The van der Waals surface area contributed by atoms with Gasteiger partial charge in [-0.1, -0.05) is 30.3 Å². The summed E-state index contributed by atoms with van der Waals surface area (Å²) < 4.78 is 7.78. The first-order valence-corrected chi connectivity index (χ1v) is 11.5. The van der Waals surface area contributed by atoms with Gasteiger partial charge in [-0.05, 0) is 32.3 Å². The summed E-state index contributed by atoms with van der Waals surface area (Å²) in [6, 6.07) is 10.3. The van der Waals surface area contributed by atoms with Gasteiger partial charge in [0.15, 0.2) is 0 Å². The summed E-state index contributed by atoms with van der Waals surface area (Å²) in [5.41, 5.74) is 4.44.